The van der Waals surface area contributed by atoms with E-state index in [-0.39, 0.29) is 34.4 Å². The number of rotatable bonds is 8. The molecule has 1 aromatic heterocycles. The van der Waals surface area contributed by atoms with Crippen LogP contribution in [0.25, 0.3) is 11.1 Å². The number of amides is 2. The number of hydrogen-bond acceptors (Lipinski definition) is 3. The number of aryl methyl sites for hydroxylation is 1. The predicted molar refractivity (Wildman–Crippen MR) is 141 cm³/mol. The highest BCUT2D eigenvalue weighted by atomic mass is 35.5. The second kappa shape index (κ2) is 11.0. The van der Waals surface area contributed by atoms with Gasteiger partial charge in [-0.1, -0.05) is 54.1 Å². The van der Waals surface area contributed by atoms with Gasteiger partial charge >= 0.3 is 0 Å². The van der Waals surface area contributed by atoms with E-state index in [1.807, 2.05) is 0 Å². The Morgan fingerprint density at radius 1 is 0.974 bits per heavy atom. The molecule has 4 rings (SSSR count). The number of aromatic nitrogens is 1. The van der Waals surface area contributed by atoms with Crippen LogP contribution in [0, 0.1) is 18.6 Å². The van der Waals surface area contributed by atoms with Gasteiger partial charge in [0.1, 0.15) is 11.6 Å². The first-order valence-electron chi connectivity index (χ1n) is 11.7. The van der Waals surface area contributed by atoms with Crippen molar-refractivity contribution in [2.45, 2.75) is 19.4 Å². The van der Waals surface area contributed by atoms with Gasteiger partial charge in [-0.25, -0.2) is 8.78 Å². The molecule has 9 heteroatoms. The average Bonchev–Trinajstić information content (AvgIpc) is 3.22. The lowest BCUT2D eigenvalue weighted by Crippen LogP contribution is -2.32. The molecule has 4 aromatic rings. The Balaban J connectivity index is 1.89. The van der Waals surface area contributed by atoms with Crippen LogP contribution in [0.3, 0.4) is 0 Å². The summed E-state index contributed by atoms with van der Waals surface area (Å²) in [5, 5.41) is 3.14. The molecule has 1 atom stereocenters. The summed E-state index contributed by atoms with van der Waals surface area (Å²) in [7, 11) is 1.54. The third-order valence-electron chi connectivity index (χ3n) is 6.24. The van der Waals surface area contributed by atoms with Gasteiger partial charge in [0.25, 0.3) is 5.91 Å². The van der Waals surface area contributed by atoms with Crippen molar-refractivity contribution in [1.29, 1.82) is 0 Å². The third kappa shape index (κ3) is 5.35. The first-order chi connectivity index (χ1) is 18.1. The molecule has 0 aliphatic carbocycles. The van der Waals surface area contributed by atoms with Gasteiger partial charge in [0.05, 0.1) is 23.7 Å². The summed E-state index contributed by atoms with van der Waals surface area (Å²) in [6, 6.07) is 15.9. The SMILES string of the molecule is Cc1c(F)ccc(F)c1-c1c(C(=O)N[C@@H](CC(N)=O)c2cccc(Cl)c2)cn(C)c1C(=O)c1ccccc1. The minimum absolute atomic E-state index is 0.00292. The van der Waals surface area contributed by atoms with E-state index in [1.54, 1.807) is 61.6 Å². The summed E-state index contributed by atoms with van der Waals surface area (Å²) >= 11 is 6.10. The molecule has 0 saturated carbocycles. The maximum Gasteiger partial charge on any atom is 0.253 e. The van der Waals surface area contributed by atoms with E-state index in [9.17, 15) is 18.8 Å². The lowest BCUT2D eigenvalue weighted by Gasteiger charge is -2.19. The molecule has 6 nitrogen and oxygen atoms in total. The highest BCUT2D eigenvalue weighted by Gasteiger charge is 2.30. The molecule has 38 heavy (non-hydrogen) atoms. The summed E-state index contributed by atoms with van der Waals surface area (Å²) in [6.07, 6.45) is 1.14. The average molecular weight is 536 g/mol. The number of primary amides is 1. The number of nitrogens with zero attached hydrogens (tertiary/aromatic N) is 1. The largest absolute Gasteiger partial charge is 0.370 e. The van der Waals surface area contributed by atoms with Crippen LogP contribution in [-0.2, 0) is 11.8 Å². The quantitative estimate of drug-likeness (QED) is 0.291. The number of hydrogen-bond donors (Lipinski definition) is 2. The van der Waals surface area contributed by atoms with Crippen LogP contribution in [0.2, 0.25) is 5.02 Å². The second-order valence-corrected chi connectivity index (χ2v) is 9.29. The fourth-order valence-corrected chi connectivity index (χ4v) is 4.62. The molecule has 194 valence electrons. The minimum atomic E-state index is -0.863. The van der Waals surface area contributed by atoms with Gasteiger partial charge in [-0.05, 0) is 42.3 Å². The molecule has 3 aromatic carbocycles. The molecule has 3 N–H and O–H groups in total. The van der Waals surface area contributed by atoms with Gasteiger partial charge in [-0.15, -0.1) is 0 Å². The van der Waals surface area contributed by atoms with E-state index in [4.69, 9.17) is 17.3 Å². The van der Waals surface area contributed by atoms with Gasteiger partial charge in [0, 0.05) is 35.0 Å². The standard InChI is InChI=1S/C29H24ClF2N3O3/c1-16-21(31)11-12-22(32)25(16)26-20(15-35(2)27(26)28(37)17-7-4-3-5-8-17)29(38)34-23(14-24(33)36)18-9-6-10-19(30)13-18/h3-13,15,23H,14H2,1-2H3,(H2,33,36)(H,34,38)/t23-/m0/s1. The Labute approximate surface area is 223 Å². The summed E-state index contributed by atoms with van der Waals surface area (Å²) in [4.78, 5) is 39.1. The number of benzene rings is 3. The Morgan fingerprint density at radius 3 is 2.32 bits per heavy atom. The van der Waals surface area contributed by atoms with Gasteiger partial charge in [0.15, 0.2) is 0 Å². The summed E-state index contributed by atoms with van der Waals surface area (Å²) < 4.78 is 31.3. The number of nitrogens with one attached hydrogen (secondary N) is 1. The van der Waals surface area contributed by atoms with E-state index in [0.29, 0.717) is 16.1 Å². The molecule has 0 spiro atoms. The molecule has 0 aliphatic heterocycles. The number of nitrogens with two attached hydrogens (primary N) is 1. The molecule has 0 bridgehead atoms. The van der Waals surface area contributed by atoms with Crippen LogP contribution in [0.4, 0.5) is 8.78 Å². The normalized spacial score (nSPS) is 11.7. The van der Waals surface area contributed by atoms with Crippen molar-refractivity contribution in [3.05, 3.63) is 118 Å². The molecule has 1 heterocycles. The van der Waals surface area contributed by atoms with Crippen LogP contribution in [-0.4, -0.2) is 22.2 Å². The van der Waals surface area contributed by atoms with Gasteiger partial charge in [-0.2, -0.15) is 0 Å². The predicted octanol–water partition coefficient (Wildman–Crippen LogP) is 5.51. The Morgan fingerprint density at radius 2 is 1.66 bits per heavy atom. The molecule has 0 aliphatic rings. The smallest absolute Gasteiger partial charge is 0.253 e. The zero-order valence-corrected chi connectivity index (χ0v) is 21.4. The molecular weight excluding hydrogens is 512 g/mol. The first kappa shape index (κ1) is 26.8. The van der Waals surface area contributed by atoms with Crippen LogP contribution >= 0.6 is 11.6 Å². The fourth-order valence-electron chi connectivity index (χ4n) is 4.42. The maximum atomic E-state index is 15.3. The number of ketones is 1. The number of carbonyl (C=O) groups excluding carboxylic acids is 3. The molecule has 2 amide bonds. The second-order valence-electron chi connectivity index (χ2n) is 8.85. The molecule has 0 unspecified atom stereocenters. The zero-order chi connectivity index (χ0) is 27.6. The summed E-state index contributed by atoms with van der Waals surface area (Å²) in [6.45, 7) is 1.38. The Bertz CT molecular complexity index is 1550. The van der Waals surface area contributed by atoms with E-state index < -0.39 is 35.3 Å². The zero-order valence-electron chi connectivity index (χ0n) is 20.6. The van der Waals surface area contributed by atoms with Gasteiger partial charge < -0.3 is 15.6 Å². The molecular formula is C29H24ClF2N3O3. The van der Waals surface area contributed by atoms with Gasteiger partial charge in [0.2, 0.25) is 11.7 Å². The van der Waals surface area contributed by atoms with Crippen LogP contribution in [0.15, 0.2) is 72.9 Å². The monoisotopic (exact) mass is 535 g/mol. The molecule has 0 radical (unpaired) electrons. The molecule has 0 saturated heterocycles. The third-order valence-corrected chi connectivity index (χ3v) is 6.47. The van der Waals surface area contributed by atoms with E-state index in [1.165, 1.54) is 17.7 Å². The Hall–Kier alpha value is -4.30. The Kier molecular flexibility index (Phi) is 7.73. The lowest BCUT2D eigenvalue weighted by atomic mass is 9.92. The van der Waals surface area contributed by atoms with Crippen molar-refractivity contribution < 1.29 is 23.2 Å². The van der Waals surface area contributed by atoms with Crippen molar-refractivity contribution in [2.24, 2.45) is 12.8 Å². The first-order valence-corrected chi connectivity index (χ1v) is 12.0. The van der Waals surface area contributed by atoms with Crippen LogP contribution in [0.1, 0.15) is 50.0 Å². The molecule has 0 fully saturated rings. The summed E-state index contributed by atoms with van der Waals surface area (Å²) in [5.41, 5.74) is 5.87. The number of halogens is 3. The van der Waals surface area contributed by atoms with Crippen molar-refractivity contribution in [3.63, 3.8) is 0 Å². The van der Waals surface area contributed by atoms with Crippen LogP contribution in [0.5, 0.6) is 0 Å². The van der Waals surface area contributed by atoms with Crippen molar-refractivity contribution in [1.82, 2.24) is 9.88 Å². The highest BCUT2D eigenvalue weighted by molar-refractivity contribution is 6.30. The summed E-state index contributed by atoms with van der Waals surface area (Å²) in [5.74, 6) is -3.35. The lowest BCUT2D eigenvalue weighted by molar-refractivity contribution is -0.118. The van der Waals surface area contributed by atoms with E-state index in [2.05, 4.69) is 5.32 Å². The fraction of sp³-hybridized carbons (Fsp3) is 0.138. The van der Waals surface area contributed by atoms with E-state index >= 15 is 4.39 Å². The maximum absolute atomic E-state index is 15.3. The van der Waals surface area contributed by atoms with Crippen LogP contribution < -0.4 is 11.1 Å². The number of carbonyl (C=O) groups is 3. The van der Waals surface area contributed by atoms with Crippen molar-refractivity contribution >= 4 is 29.2 Å². The van der Waals surface area contributed by atoms with Crippen molar-refractivity contribution in [2.75, 3.05) is 0 Å². The minimum Gasteiger partial charge on any atom is -0.370 e. The topological polar surface area (TPSA) is 94.2 Å². The van der Waals surface area contributed by atoms with Gasteiger partial charge in [-0.3, -0.25) is 14.4 Å². The highest BCUT2D eigenvalue weighted by Crippen LogP contribution is 2.36. The van der Waals surface area contributed by atoms with E-state index in [0.717, 1.165) is 12.1 Å². The van der Waals surface area contributed by atoms with Crippen molar-refractivity contribution in [3.8, 4) is 11.1 Å².